The van der Waals surface area contributed by atoms with Gasteiger partial charge in [-0.3, -0.25) is 14.5 Å². The molecule has 32 heavy (non-hydrogen) atoms. The maximum absolute atomic E-state index is 15.6. The molecule has 0 radical (unpaired) electrons. The Morgan fingerprint density at radius 2 is 1.88 bits per heavy atom. The largest absolute Gasteiger partial charge is 0.487 e. The predicted octanol–water partition coefficient (Wildman–Crippen LogP) is 3.59. The third kappa shape index (κ3) is 4.91. The van der Waals surface area contributed by atoms with Gasteiger partial charge in [-0.15, -0.1) is 0 Å². The second kappa shape index (κ2) is 9.39. The van der Waals surface area contributed by atoms with Crippen LogP contribution < -0.4 is 15.0 Å². The summed E-state index contributed by atoms with van der Waals surface area (Å²) < 4.78 is 65.6. The summed E-state index contributed by atoms with van der Waals surface area (Å²) in [6.45, 7) is 2.93. The Balaban J connectivity index is 2.15. The summed E-state index contributed by atoms with van der Waals surface area (Å²) in [5, 5.41) is 2.89. The van der Waals surface area contributed by atoms with E-state index in [-0.39, 0.29) is 29.4 Å². The maximum Gasteiger partial charge on any atom is 0.471 e. The highest BCUT2D eigenvalue weighted by Gasteiger charge is 2.46. The molecule has 0 saturated carbocycles. The average molecular weight is 452 g/mol. The van der Waals surface area contributed by atoms with E-state index < -0.39 is 36.1 Å². The zero-order valence-electron chi connectivity index (χ0n) is 17.1. The second-order valence-electron chi connectivity index (χ2n) is 7.01. The summed E-state index contributed by atoms with van der Waals surface area (Å²) in [6.07, 6.45) is -5.37. The highest BCUT2D eigenvalue weighted by molar-refractivity contribution is 6.02. The Morgan fingerprint density at radius 1 is 1.19 bits per heavy atom. The van der Waals surface area contributed by atoms with Gasteiger partial charge in [0.15, 0.2) is 5.82 Å². The Labute approximate surface area is 181 Å². The molecule has 1 heterocycles. The number of anilines is 1. The number of rotatable bonds is 6. The van der Waals surface area contributed by atoms with Gasteiger partial charge in [0, 0.05) is 18.7 Å². The van der Waals surface area contributed by atoms with Gasteiger partial charge in [0.1, 0.15) is 24.6 Å². The second-order valence-corrected chi connectivity index (χ2v) is 7.01. The number of carbonyl (C=O) groups is 2. The standard InChI is InChI=1S/C22H20F4N2O4/c1-13-9-27-10-16-15(13)8-17(32-12-14-6-4-3-5-7-14)20(19(16)23)28(11-18(29)31-2)21(30)22(24,25)26/h3-8,27H,1,9-12H2,2H3. The van der Waals surface area contributed by atoms with Crippen LogP contribution in [-0.2, 0) is 27.5 Å². The minimum Gasteiger partial charge on any atom is -0.487 e. The first-order chi connectivity index (χ1) is 15.1. The molecule has 0 bridgehead atoms. The fourth-order valence-electron chi connectivity index (χ4n) is 3.27. The molecule has 0 atom stereocenters. The summed E-state index contributed by atoms with van der Waals surface area (Å²) in [5.41, 5.74) is 0.768. The van der Waals surface area contributed by atoms with Gasteiger partial charge in [0.25, 0.3) is 0 Å². The minimum absolute atomic E-state index is 0.000852. The molecule has 1 aliphatic heterocycles. The van der Waals surface area contributed by atoms with E-state index in [1.165, 1.54) is 6.07 Å². The van der Waals surface area contributed by atoms with E-state index in [0.717, 1.165) is 7.11 Å². The number of amides is 1. The Bertz CT molecular complexity index is 1040. The summed E-state index contributed by atoms with van der Waals surface area (Å²) in [4.78, 5) is 24.0. The molecule has 1 amide bonds. The summed E-state index contributed by atoms with van der Waals surface area (Å²) in [5.74, 6) is -5.01. The van der Waals surface area contributed by atoms with E-state index in [4.69, 9.17) is 4.74 Å². The zero-order valence-corrected chi connectivity index (χ0v) is 17.1. The molecule has 6 nitrogen and oxygen atoms in total. The third-order valence-electron chi connectivity index (χ3n) is 4.84. The van der Waals surface area contributed by atoms with Gasteiger partial charge in [-0.05, 0) is 22.8 Å². The van der Waals surface area contributed by atoms with Gasteiger partial charge in [0.05, 0.1) is 7.11 Å². The van der Waals surface area contributed by atoms with E-state index in [1.54, 1.807) is 30.3 Å². The van der Waals surface area contributed by atoms with Crippen molar-refractivity contribution >= 4 is 23.1 Å². The lowest BCUT2D eigenvalue weighted by Gasteiger charge is -2.29. The van der Waals surface area contributed by atoms with E-state index in [9.17, 15) is 22.8 Å². The van der Waals surface area contributed by atoms with E-state index in [1.807, 2.05) is 0 Å². The van der Waals surface area contributed by atoms with E-state index in [0.29, 0.717) is 23.2 Å². The molecular formula is C22H20F4N2O4. The van der Waals surface area contributed by atoms with Crippen LogP contribution in [0.3, 0.4) is 0 Å². The molecule has 0 unspecified atom stereocenters. The Hall–Kier alpha value is -3.40. The van der Waals surface area contributed by atoms with Crippen molar-refractivity contribution in [2.24, 2.45) is 0 Å². The van der Waals surface area contributed by atoms with Crippen molar-refractivity contribution in [1.82, 2.24) is 5.32 Å². The molecule has 0 aliphatic carbocycles. The minimum atomic E-state index is -5.37. The number of nitrogens with zero attached hydrogens (tertiary/aromatic N) is 1. The number of hydrogen-bond donors (Lipinski definition) is 1. The highest BCUT2D eigenvalue weighted by Crippen LogP contribution is 2.40. The smallest absolute Gasteiger partial charge is 0.471 e. The highest BCUT2D eigenvalue weighted by atomic mass is 19.4. The number of ether oxygens (including phenoxy) is 2. The van der Waals surface area contributed by atoms with Crippen molar-refractivity contribution in [3.63, 3.8) is 0 Å². The number of benzene rings is 2. The van der Waals surface area contributed by atoms with Gasteiger partial charge in [-0.25, -0.2) is 4.39 Å². The number of halogens is 4. The molecular weight excluding hydrogens is 432 g/mol. The monoisotopic (exact) mass is 452 g/mol. The first-order valence-corrected chi connectivity index (χ1v) is 9.50. The lowest BCUT2D eigenvalue weighted by atomic mass is 9.95. The van der Waals surface area contributed by atoms with Crippen LogP contribution in [0, 0.1) is 5.82 Å². The van der Waals surface area contributed by atoms with Crippen molar-refractivity contribution in [3.05, 3.63) is 65.5 Å². The van der Waals surface area contributed by atoms with Crippen LogP contribution in [-0.4, -0.2) is 38.3 Å². The molecule has 0 aromatic heterocycles. The van der Waals surface area contributed by atoms with Crippen LogP contribution in [0.15, 0.2) is 43.0 Å². The van der Waals surface area contributed by atoms with Crippen LogP contribution >= 0.6 is 0 Å². The van der Waals surface area contributed by atoms with Crippen LogP contribution in [0.25, 0.3) is 5.57 Å². The summed E-state index contributed by atoms with van der Waals surface area (Å²) in [7, 11) is 0.947. The van der Waals surface area contributed by atoms with Crippen LogP contribution in [0.2, 0.25) is 0 Å². The maximum atomic E-state index is 15.6. The van der Waals surface area contributed by atoms with Gasteiger partial charge in [0.2, 0.25) is 0 Å². The number of methoxy groups -OCH3 is 1. The molecule has 3 rings (SSSR count). The zero-order chi connectivity index (χ0) is 23.5. The molecule has 0 spiro atoms. The first-order valence-electron chi connectivity index (χ1n) is 9.50. The average Bonchev–Trinajstić information content (AvgIpc) is 2.76. The fraction of sp³-hybridized carbons (Fsp3) is 0.273. The van der Waals surface area contributed by atoms with Crippen LogP contribution in [0.5, 0.6) is 5.75 Å². The third-order valence-corrected chi connectivity index (χ3v) is 4.84. The van der Waals surface area contributed by atoms with Crippen molar-refractivity contribution in [3.8, 4) is 5.75 Å². The quantitative estimate of drug-likeness (QED) is 0.536. The molecule has 0 saturated heterocycles. The number of nitrogens with one attached hydrogen (secondary N) is 1. The first kappa shape index (κ1) is 23.3. The van der Waals surface area contributed by atoms with Crippen LogP contribution in [0.1, 0.15) is 16.7 Å². The Kier molecular flexibility index (Phi) is 6.83. The van der Waals surface area contributed by atoms with E-state index >= 15 is 4.39 Å². The molecule has 170 valence electrons. The van der Waals surface area contributed by atoms with Crippen molar-refractivity contribution < 1.29 is 36.6 Å². The normalized spacial score (nSPS) is 13.3. The van der Waals surface area contributed by atoms with Crippen molar-refractivity contribution in [1.29, 1.82) is 0 Å². The molecule has 0 fully saturated rings. The predicted molar refractivity (Wildman–Crippen MR) is 108 cm³/mol. The van der Waals surface area contributed by atoms with Crippen molar-refractivity contribution in [2.75, 3.05) is 25.1 Å². The van der Waals surface area contributed by atoms with E-state index in [2.05, 4.69) is 16.6 Å². The summed E-state index contributed by atoms with van der Waals surface area (Å²) in [6, 6.07) is 10.0. The summed E-state index contributed by atoms with van der Waals surface area (Å²) >= 11 is 0. The topological polar surface area (TPSA) is 67.9 Å². The number of fused-ring (bicyclic) bond motifs is 1. The molecule has 1 aliphatic rings. The fourth-order valence-corrected chi connectivity index (χ4v) is 3.27. The lowest BCUT2D eigenvalue weighted by molar-refractivity contribution is -0.171. The number of hydrogen-bond acceptors (Lipinski definition) is 5. The van der Waals surface area contributed by atoms with Gasteiger partial charge in [-0.2, -0.15) is 13.2 Å². The SMILES string of the molecule is C=C1CNCc2c1cc(OCc1ccccc1)c(N(CC(=O)OC)C(=O)C(F)(F)F)c2F. The molecule has 2 aromatic rings. The Morgan fingerprint density at radius 3 is 2.50 bits per heavy atom. The molecule has 10 heteroatoms. The number of esters is 1. The molecule has 1 N–H and O–H groups in total. The number of carbonyl (C=O) groups excluding carboxylic acids is 2. The van der Waals surface area contributed by atoms with Crippen LogP contribution in [0.4, 0.5) is 23.2 Å². The molecule has 2 aromatic carbocycles. The van der Waals surface area contributed by atoms with Crippen molar-refractivity contribution in [2.45, 2.75) is 19.3 Å². The lowest BCUT2D eigenvalue weighted by Crippen LogP contribution is -2.45. The van der Waals surface area contributed by atoms with Gasteiger partial charge >= 0.3 is 18.1 Å². The van der Waals surface area contributed by atoms with Gasteiger partial charge < -0.3 is 14.8 Å². The van der Waals surface area contributed by atoms with Gasteiger partial charge in [-0.1, -0.05) is 36.9 Å². The number of alkyl halides is 3.